The first kappa shape index (κ1) is 28.0. The average Bonchev–Trinajstić information content (AvgIpc) is 3.05. The lowest BCUT2D eigenvalue weighted by atomic mass is 9.43. The normalized spacial score (nSPS) is 40.8. The van der Waals surface area contributed by atoms with Crippen LogP contribution in [0.5, 0.6) is 0 Å². The highest BCUT2D eigenvalue weighted by molar-refractivity contribution is 6.00. The summed E-state index contributed by atoms with van der Waals surface area (Å²) in [5.41, 5.74) is 0.859. The van der Waals surface area contributed by atoms with E-state index in [0.29, 0.717) is 12.8 Å². The summed E-state index contributed by atoms with van der Waals surface area (Å²) in [6.45, 7) is 13.6. The van der Waals surface area contributed by atoms with E-state index in [2.05, 4.69) is 13.8 Å². The number of carbonyl (C=O) groups is 1. The van der Waals surface area contributed by atoms with E-state index >= 15 is 0 Å². The lowest BCUT2D eigenvalue weighted by molar-refractivity contribution is -0.178. The third kappa shape index (κ3) is 4.90. The lowest BCUT2D eigenvalue weighted by Crippen LogP contribution is -2.59. The van der Waals surface area contributed by atoms with Crippen LogP contribution in [-0.2, 0) is 4.79 Å². The Morgan fingerprint density at radius 3 is 2.37 bits per heavy atom. The van der Waals surface area contributed by atoms with E-state index in [1.807, 2.05) is 39.0 Å². The summed E-state index contributed by atoms with van der Waals surface area (Å²) in [5.74, 6) is 0.634. The van der Waals surface area contributed by atoms with Crippen LogP contribution in [0.15, 0.2) is 47.1 Å². The van der Waals surface area contributed by atoms with Crippen LogP contribution in [0.1, 0.15) is 80.6 Å². The molecule has 196 valence electrons. The number of allylic oxidation sites excluding steroid dienone is 7. The SMILES string of the molecule is CC(C=CC(O)C(C)(C)O)=CC=CC(C)=C1C(=O)CC2C1(C)CCC1C(C)(CO)C(O)CCC21C. The number of carbonyl (C=O) groups excluding carboxylic acids is 1. The van der Waals surface area contributed by atoms with Crippen LogP contribution in [0.3, 0.4) is 0 Å². The molecule has 4 N–H and O–H groups in total. The van der Waals surface area contributed by atoms with Gasteiger partial charge in [0, 0.05) is 22.8 Å². The van der Waals surface area contributed by atoms with Crippen LogP contribution in [-0.4, -0.2) is 50.6 Å². The fourth-order valence-corrected chi connectivity index (χ4v) is 7.57. The van der Waals surface area contributed by atoms with Crippen LogP contribution in [0, 0.1) is 28.1 Å². The van der Waals surface area contributed by atoms with Crippen LogP contribution in [0.4, 0.5) is 0 Å². The van der Waals surface area contributed by atoms with Crippen molar-refractivity contribution in [3.63, 3.8) is 0 Å². The van der Waals surface area contributed by atoms with Gasteiger partial charge in [0.25, 0.3) is 0 Å². The first-order valence-corrected chi connectivity index (χ1v) is 13.1. The molecule has 0 aromatic heterocycles. The van der Waals surface area contributed by atoms with Crippen molar-refractivity contribution >= 4 is 5.78 Å². The minimum Gasteiger partial charge on any atom is -0.396 e. The van der Waals surface area contributed by atoms with Crippen molar-refractivity contribution in [3.05, 3.63) is 47.1 Å². The van der Waals surface area contributed by atoms with Crippen molar-refractivity contribution in [1.29, 1.82) is 0 Å². The van der Waals surface area contributed by atoms with Gasteiger partial charge in [0.15, 0.2) is 5.78 Å². The molecule has 0 aliphatic heterocycles. The molecule has 0 aromatic rings. The Morgan fingerprint density at radius 1 is 1.11 bits per heavy atom. The molecule has 3 fully saturated rings. The largest absolute Gasteiger partial charge is 0.396 e. The summed E-state index contributed by atoms with van der Waals surface area (Å²) in [7, 11) is 0. The van der Waals surface area contributed by atoms with Crippen LogP contribution in [0.25, 0.3) is 0 Å². The Bertz CT molecular complexity index is 950. The lowest BCUT2D eigenvalue weighted by Gasteiger charge is -2.62. The minimum atomic E-state index is -1.19. The molecule has 0 heterocycles. The summed E-state index contributed by atoms with van der Waals surface area (Å²) in [6, 6.07) is 0. The average molecular weight is 487 g/mol. The van der Waals surface area contributed by atoms with Gasteiger partial charge < -0.3 is 20.4 Å². The second-order valence-electron chi connectivity index (χ2n) is 12.7. The first-order chi connectivity index (χ1) is 16.1. The fraction of sp³-hybridized carbons (Fsp3) is 0.700. The van der Waals surface area contributed by atoms with Gasteiger partial charge in [-0.2, -0.15) is 0 Å². The quantitative estimate of drug-likeness (QED) is 0.323. The van der Waals surface area contributed by atoms with Crippen molar-refractivity contribution < 1.29 is 25.2 Å². The molecule has 35 heavy (non-hydrogen) atoms. The molecule has 0 saturated heterocycles. The molecule has 3 aliphatic rings. The van der Waals surface area contributed by atoms with Gasteiger partial charge in [-0.15, -0.1) is 0 Å². The van der Waals surface area contributed by atoms with Gasteiger partial charge in [-0.25, -0.2) is 0 Å². The zero-order valence-corrected chi connectivity index (χ0v) is 22.6. The number of fused-ring (bicyclic) bond motifs is 3. The molecular formula is C30H46O5. The summed E-state index contributed by atoms with van der Waals surface area (Å²) in [6.07, 6.45) is 11.7. The van der Waals surface area contributed by atoms with E-state index < -0.39 is 23.2 Å². The number of aliphatic hydroxyl groups excluding tert-OH is 3. The minimum absolute atomic E-state index is 0.0246. The van der Waals surface area contributed by atoms with E-state index in [4.69, 9.17) is 0 Å². The highest BCUT2D eigenvalue weighted by Crippen LogP contribution is 2.69. The smallest absolute Gasteiger partial charge is 0.160 e. The zero-order chi connectivity index (χ0) is 26.4. The van der Waals surface area contributed by atoms with E-state index in [9.17, 15) is 25.2 Å². The van der Waals surface area contributed by atoms with E-state index in [1.54, 1.807) is 26.0 Å². The number of hydrogen-bond acceptors (Lipinski definition) is 5. The Balaban J connectivity index is 1.87. The number of rotatable bonds is 6. The zero-order valence-electron chi connectivity index (χ0n) is 22.6. The van der Waals surface area contributed by atoms with Crippen LogP contribution < -0.4 is 0 Å². The van der Waals surface area contributed by atoms with Crippen molar-refractivity contribution in [1.82, 2.24) is 0 Å². The maximum absolute atomic E-state index is 13.4. The van der Waals surface area contributed by atoms with Crippen LogP contribution >= 0.6 is 0 Å². The van der Waals surface area contributed by atoms with E-state index in [0.717, 1.165) is 36.0 Å². The predicted molar refractivity (Wildman–Crippen MR) is 140 cm³/mol. The second-order valence-corrected chi connectivity index (χ2v) is 12.7. The summed E-state index contributed by atoms with van der Waals surface area (Å²) < 4.78 is 0. The molecule has 7 atom stereocenters. The van der Waals surface area contributed by atoms with Crippen molar-refractivity contribution in [3.8, 4) is 0 Å². The Kier molecular flexibility index (Phi) is 7.80. The standard InChI is InChI=1S/C30H46O5/c1-19(11-12-24(33)27(3,4)35)9-8-10-20(2)26-21(32)17-23-28(5)16-14-25(34)30(7,18-31)22(28)13-15-29(23,26)6/h8-12,22-25,31,33-35H,13-18H2,1-7H3. The molecule has 0 bridgehead atoms. The highest BCUT2D eigenvalue weighted by atomic mass is 16.3. The first-order valence-electron chi connectivity index (χ1n) is 13.1. The molecular weight excluding hydrogens is 440 g/mol. The van der Waals surface area contributed by atoms with Gasteiger partial charge >= 0.3 is 0 Å². The van der Waals surface area contributed by atoms with E-state index in [-0.39, 0.29) is 35.1 Å². The molecule has 0 aromatic carbocycles. The second kappa shape index (κ2) is 9.74. The van der Waals surface area contributed by atoms with Gasteiger partial charge in [0.2, 0.25) is 0 Å². The summed E-state index contributed by atoms with van der Waals surface area (Å²) in [5, 5.41) is 40.8. The monoisotopic (exact) mass is 486 g/mol. The summed E-state index contributed by atoms with van der Waals surface area (Å²) in [4.78, 5) is 13.4. The maximum Gasteiger partial charge on any atom is 0.160 e. The number of ketones is 1. The summed E-state index contributed by atoms with van der Waals surface area (Å²) >= 11 is 0. The maximum atomic E-state index is 13.4. The predicted octanol–water partition coefficient (Wildman–Crippen LogP) is 4.66. The number of hydrogen-bond donors (Lipinski definition) is 4. The van der Waals surface area contributed by atoms with Gasteiger partial charge in [0.1, 0.15) is 6.10 Å². The number of Topliss-reactive ketones (excluding diaryl/α,β-unsaturated/α-hetero) is 1. The highest BCUT2D eigenvalue weighted by Gasteiger charge is 2.65. The number of aliphatic hydroxyl groups is 4. The molecule has 5 nitrogen and oxygen atoms in total. The molecule has 3 aliphatic carbocycles. The molecule has 7 unspecified atom stereocenters. The van der Waals surface area contributed by atoms with Gasteiger partial charge in [-0.05, 0) is 76.2 Å². The van der Waals surface area contributed by atoms with Crippen LogP contribution in [0.2, 0.25) is 0 Å². The third-order valence-electron chi connectivity index (χ3n) is 9.77. The Morgan fingerprint density at radius 2 is 1.77 bits per heavy atom. The van der Waals surface area contributed by atoms with Crippen molar-refractivity contribution in [2.75, 3.05) is 6.61 Å². The van der Waals surface area contributed by atoms with Crippen molar-refractivity contribution in [2.24, 2.45) is 28.1 Å². The molecule has 0 spiro atoms. The molecule has 0 radical (unpaired) electrons. The van der Waals surface area contributed by atoms with Gasteiger partial charge in [0.05, 0.1) is 18.3 Å². The van der Waals surface area contributed by atoms with Gasteiger partial charge in [-0.3, -0.25) is 4.79 Å². The fourth-order valence-electron chi connectivity index (χ4n) is 7.57. The molecule has 0 amide bonds. The topological polar surface area (TPSA) is 98.0 Å². The van der Waals surface area contributed by atoms with E-state index in [1.165, 1.54) is 0 Å². The van der Waals surface area contributed by atoms with Crippen molar-refractivity contribution in [2.45, 2.75) is 98.4 Å². The Labute approximate surface area is 211 Å². The van der Waals surface area contributed by atoms with Gasteiger partial charge in [-0.1, -0.05) is 56.7 Å². The molecule has 3 rings (SSSR count). The molecule has 3 saturated carbocycles. The Hall–Kier alpha value is -1.53. The molecule has 5 heteroatoms. The third-order valence-corrected chi connectivity index (χ3v) is 9.77.